The molecule has 56 valence electrons. The van der Waals surface area contributed by atoms with Crippen molar-refractivity contribution in [1.82, 2.24) is 40.4 Å². The molecule has 0 spiro atoms. The monoisotopic (exact) mass is 152 g/mol. The van der Waals surface area contributed by atoms with Crippen LogP contribution in [0.1, 0.15) is 0 Å². The zero-order chi connectivity index (χ0) is 7.52. The first-order chi connectivity index (χ1) is 5.45. The van der Waals surface area contributed by atoms with E-state index in [2.05, 4.69) is 31.1 Å². The molecule has 2 rings (SSSR count). The molecule has 0 fully saturated rings. The lowest BCUT2D eigenvalue weighted by Gasteiger charge is -1.94. The van der Waals surface area contributed by atoms with Gasteiger partial charge in [0.15, 0.2) is 0 Å². The van der Waals surface area contributed by atoms with Crippen LogP contribution in [-0.2, 0) is 6.67 Å². The molecular weight excluding hydrogens is 148 g/mol. The average Bonchev–Trinajstić information content (AvgIpc) is 2.60. The summed E-state index contributed by atoms with van der Waals surface area (Å²) in [6, 6.07) is 0. The Morgan fingerprint density at radius 1 is 0.909 bits per heavy atom. The van der Waals surface area contributed by atoms with Crippen molar-refractivity contribution in [3.8, 4) is 0 Å². The third-order valence-corrected chi connectivity index (χ3v) is 1.07. The van der Waals surface area contributed by atoms with Crippen molar-refractivity contribution in [2.75, 3.05) is 0 Å². The molecule has 0 atom stereocenters. The highest BCUT2D eigenvalue weighted by Crippen LogP contribution is 1.79. The maximum atomic E-state index is 3.63. The van der Waals surface area contributed by atoms with E-state index >= 15 is 0 Å². The normalized spacial score (nSPS) is 10.2. The van der Waals surface area contributed by atoms with Gasteiger partial charge in [-0.25, -0.2) is 9.36 Å². The molecule has 0 N–H and O–H groups in total. The van der Waals surface area contributed by atoms with Gasteiger partial charge in [0.05, 0.1) is 0 Å². The molecule has 0 saturated carbocycles. The van der Waals surface area contributed by atoms with Crippen molar-refractivity contribution in [2.24, 2.45) is 0 Å². The second-order valence-electron chi connectivity index (χ2n) is 1.84. The van der Waals surface area contributed by atoms with E-state index in [9.17, 15) is 0 Å². The van der Waals surface area contributed by atoms with Gasteiger partial charge in [-0.2, -0.15) is 0 Å². The van der Waals surface area contributed by atoms with Gasteiger partial charge in [-0.05, 0) is 20.9 Å². The van der Waals surface area contributed by atoms with E-state index in [0.717, 1.165) is 0 Å². The zero-order valence-electron chi connectivity index (χ0n) is 5.44. The van der Waals surface area contributed by atoms with E-state index in [-0.39, 0.29) is 0 Å². The minimum absolute atomic E-state index is 0.431. The van der Waals surface area contributed by atoms with E-state index in [1.807, 2.05) is 0 Å². The van der Waals surface area contributed by atoms with Gasteiger partial charge in [-0.3, -0.25) is 0 Å². The average molecular weight is 152 g/mol. The molecule has 0 aliphatic heterocycles. The Kier molecular flexibility index (Phi) is 1.29. The summed E-state index contributed by atoms with van der Waals surface area (Å²) < 4.78 is 3.02. The number of hydrogen-bond acceptors (Lipinski definition) is 6. The van der Waals surface area contributed by atoms with Crippen LogP contribution in [0.15, 0.2) is 12.7 Å². The molecule has 0 radical (unpaired) electrons. The van der Waals surface area contributed by atoms with Crippen LogP contribution in [0.3, 0.4) is 0 Å². The number of nitrogens with zero attached hydrogens (tertiary/aromatic N) is 8. The van der Waals surface area contributed by atoms with Gasteiger partial charge >= 0.3 is 0 Å². The van der Waals surface area contributed by atoms with Gasteiger partial charge in [0.25, 0.3) is 0 Å². The van der Waals surface area contributed by atoms with E-state index < -0.39 is 0 Å². The third-order valence-electron chi connectivity index (χ3n) is 1.07. The maximum Gasteiger partial charge on any atom is 0.140 e. The lowest BCUT2D eigenvalue weighted by Crippen LogP contribution is -2.09. The Hall–Kier alpha value is -1.86. The number of tetrazole rings is 2. The summed E-state index contributed by atoms with van der Waals surface area (Å²) in [6.07, 6.45) is 2.98. The van der Waals surface area contributed by atoms with Crippen molar-refractivity contribution < 1.29 is 0 Å². The van der Waals surface area contributed by atoms with Crippen LogP contribution >= 0.6 is 0 Å². The summed E-state index contributed by atoms with van der Waals surface area (Å²) in [5.74, 6) is 0. The summed E-state index contributed by atoms with van der Waals surface area (Å²) in [5, 5.41) is 21.1. The van der Waals surface area contributed by atoms with Crippen LogP contribution in [0.4, 0.5) is 0 Å². The fourth-order valence-corrected chi connectivity index (χ4v) is 0.639. The Labute approximate surface area is 60.8 Å². The summed E-state index contributed by atoms with van der Waals surface area (Å²) in [7, 11) is 0. The molecule has 0 bridgehead atoms. The summed E-state index contributed by atoms with van der Waals surface area (Å²) in [5.41, 5.74) is 0. The topological polar surface area (TPSA) is 87.2 Å². The molecule has 0 amide bonds. The molecule has 2 aromatic rings. The quantitative estimate of drug-likeness (QED) is 0.502. The Balaban J connectivity index is 2.14. The highest BCUT2D eigenvalue weighted by Gasteiger charge is 1.93. The van der Waals surface area contributed by atoms with Crippen molar-refractivity contribution in [3.63, 3.8) is 0 Å². The maximum absolute atomic E-state index is 3.63. The van der Waals surface area contributed by atoms with Crippen LogP contribution < -0.4 is 0 Å². The minimum Gasteiger partial charge on any atom is -0.211 e. The fourth-order valence-electron chi connectivity index (χ4n) is 0.639. The molecular formula is C3H4N8. The zero-order valence-corrected chi connectivity index (χ0v) is 5.44. The largest absolute Gasteiger partial charge is 0.211 e. The van der Waals surface area contributed by atoms with Crippen molar-refractivity contribution in [2.45, 2.75) is 6.67 Å². The van der Waals surface area contributed by atoms with E-state index in [1.165, 1.54) is 22.0 Å². The molecule has 0 aliphatic carbocycles. The molecule has 8 heteroatoms. The molecule has 2 aromatic heterocycles. The fraction of sp³-hybridized carbons (Fsp3) is 0.333. The van der Waals surface area contributed by atoms with Crippen LogP contribution in [0.25, 0.3) is 0 Å². The Morgan fingerprint density at radius 2 is 1.45 bits per heavy atom. The molecule has 11 heavy (non-hydrogen) atoms. The highest BCUT2D eigenvalue weighted by atomic mass is 15.6. The Bertz CT molecular complexity index is 262. The van der Waals surface area contributed by atoms with Crippen LogP contribution in [-0.4, -0.2) is 40.4 Å². The highest BCUT2D eigenvalue weighted by molar-refractivity contribution is 4.49. The minimum atomic E-state index is 0.431. The van der Waals surface area contributed by atoms with Gasteiger partial charge in [0.2, 0.25) is 0 Å². The molecule has 0 unspecified atom stereocenters. The van der Waals surface area contributed by atoms with Gasteiger partial charge < -0.3 is 0 Å². The molecule has 0 aliphatic rings. The first-order valence-electron chi connectivity index (χ1n) is 2.87. The van der Waals surface area contributed by atoms with Crippen LogP contribution in [0.2, 0.25) is 0 Å². The predicted molar refractivity (Wildman–Crippen MR) is 31.0 cm³/mol. The van der Waals surface area contributed by atoms with Crippen molar-refractivity contribution in [3.05, 3.63) is 12.7 Å². The first-order valence-corrected chi connectivity index (χ1v) is 2.87. The standard InChI is InChI=1S/C3H4N8/c1-4-6-8-10(1)3-11-2-5-7-9-11/h1-2H,3H2. The second kappa shape index (κ2) is 2.40. The van der Waals surface area contributed by atoms with Gasteiger partial charge in [0.1, 0.15) is 19.3 Å². The Morgan fingerprint density at radius 3 is 1.82 bits per heavy atom. The van der Waals surface area contributed by atoms with Gasteiger partial charge in [0, 0.05) is 0 Å². The summed E-state index contributed by atoms with van der Waals surface area (Å²) in [4.78, 5) is 0. The molecule has 8 nitrogen and oxygen atoms in total. The third kappa shape index (κ3) is 1.18. The van der Waals surface area contributed by atoms with Crippen molar-refractivity contribution in [1.29, 1.82) is 0 Å². The van der Waals surface area contributed by atoms with Crippen LogP contribution in [0, 0.1) is 0 Å². The van der Waals surface area contributed by atoms with E-state index in [0.29, 0.717) is 6.67 Å². The van der Waals surface area contributed by atoms with E-state index in [4.69, 9.17) is 0 Å². The van der Waals surface area contributed by atoms with Gasteiger partial charge in [-0.1, -0.05) is 0 Å². The number of hydrogen-bond donors (Lipinski definition) is 0. The van der Waals surface area contributed by atoms with Crippen LogP contribution in [0.5, 0.6) is 0 Å². The molecule has 0 saturated heterocycles. The number of rotatable bonds is 2. The molecule has 2 heterocycles. The second-order valence-corrected chi connectivity index (χ2v) is 1.84. The van der Waals surface area contributed by atoms with Gasteiger partial charge in [-0.15, -0.1) is 10.2 Å². The van der Waals surface area contributed by atoms with Crippen molar-refractivity contribution >= 4 is 0 Å². The molecule has 0 aromatic carbocycles. The first kappa shape index (κ1) is 5.89. The van der Waals surface area contributed by atoms with E-state index in [1.54, 1.807) is 0 Å². The SMILES string of the molecule is c1nnnn1Cn1cnnn1. The predicted octanol–water partition coefficient (Wildman–Crippen LogP) is -1.83. The lowest BCUT2D eigenvalue weighted by atomic mass is 11.0. The number of aromatic nitrogens is 8. The lowest BCUT2D eigenvalue weighted by molar-refractivity contribution is 0.478. The summed E-state index contributed by atoms with van der Waals surface area (Å²) in [6.45, 7) is 0.431. The summed E-state index contributed by atoms with van der Waals surface area (Å²) >= 11 is 0. The smallest absolute Gasteiger partial charge is 0.140 e.